The number of hydrogen-bond acceptors (Lipinski definition) is 4. The molecule has 0 atom stereocenters. The summed E-state index contributed by atoms with van der Waals surface area (Å²) >= 11 is 5.84. The van der Waals surface area contributed by atoms with Gasteiger partial charge in [0, 0.05) is 5.02 Å². The van der Waals surface area contributed by atoms with E-state index in [1.165, 1.54) is 0 Å². The van der Waals surface area contributed by atoms with Gasteiger partial charge in [0.25, 0.3) is 0 Å². The number of ether oxygens (including phenoxy) is 1. The maximum absolute atomic E-state index is 11.8. The lowest BCUT2D eigenvalue weighted by Crippen LogP contribution is -2.35. The Morgan fingerprint density at radius 1 is 1.38 bits per heavy atom. The van der Waals surface area contributed by atoms with E-state index in [1.54, 1.807) is 39.0 Å². The third-order valence-electron chi connectivity index (χ3n) is 2.39. The third kappa shape index (κ3) is 6.28. The average Bonchev–Trinajstić information content (AvgIpc) is 2.35. The Balaban J connectivity index is 2.57. The first-order valence-electron chi connectivity index (χ1n) is 6.38. The minimum absolute atomic E-state index is 0.0216. The highest BCUT2D eigenvalue weighted by Crippen LogP contribution is 2.16. The van der Waals surface area contributed by atoms with Crippen molar-refractivity contribution in [2.24, 2.45) is 0 Å². The zero-order valence-corrected chi connectivity index (χ0v) is 13.0. The van der Waals surface area contributed by atoms with E-state index in [4.69, 9.17) is 21.6 Å². The summed E-state index contributed by atoms with van der Waals surface area (Å²) < 4.78 is 5.08. The summed E-state index contributed by atoms with van der Waals surface area (Å²) in [6, 6.07) is 6.70. The molecule has 0 aliphatic carbocycles. The Bertz CT molecular complexity index is 586. The molecule has 0 fully saturated rings. The van der Waals surface area contributed by atoms with Crippen molar-refractivity contribution in [1.29, 1.82) is 5.26 Å². The number of carbonyl (C=O) groups excluding carboxylic acids is 2. The van der Waals surface area contributed by atoms with Crippen LogP contribution in [0.15, 0.2) is 18.2 Å². The summed E-state index contributed by atoms with van der Waals surface area (Å²) in [6.07, 6.45) is -0.0216. The van der Waals surface area contributed by atoms with Gasteiger partial charge in [-0.25, -0.2) is 0 Å². The van der Waals surface area contributed by atoms with Gasteiger partial charge in [0.2, 0.25) is 5.91 Å². The van der Waals surface area contributed by atoms with E-state index in [1.807, 2.05) is 6.07 Å². The van der Waals surface area contributed by atoms with Crippen molar-refractivity contribution < 1.29 is 14.3 Å². The molecule has 0 heterocycles. The molecule has 1 aromatic rings. The summed E-state index contributed by atoms with van der Waals surface area (Å²) in [6.45, 7) is 5.03. The summed E-state index contributed by atoms with van der Waals surface area (Å²) in [5.74, 6) is -0.887. The second-order valence-electron chi connectivity index (χ2n) is 5.45. The van der Waals surface area contributed by atoms with Crippen molar-refractivity contribution in [1.82, 2.24) is 5.32 Å². The molecule has 0 aliphatic heterocycles. The molecule has 1 amide bonds. The highest BCUT2D eigenvalue weighted by atomic mass is 35.5. The topological polar surface area (TPSA) is 79.2 Å². The molecular formula is C15H17ClN2O3. The Morgan fingerprint density at radius 2 is 2.05 bits per heavy atom. The van der Waals surface area contributed by atoms with Gasteiger partial charge in [0.1, 0.15) is 12.1 Å². The molecule has 0 saturated heterocycles. The normalized spacial score (nSPS) is 10.6. The monoisotopic (exact) mass is 308 g/mol. The molecule has 0 bridgehead atoms. The highest BCUT2D eigenvalue weighted by molar-refractivity contribution is 6.30. The summed E-state index contributed by atoms with van der Waals surface area (Å²) in [5.41, 5.74) is 0.307. The molecule has 21 heavy (non-hydrogen) atoms. The number of nitrogens with zero attached hydrogens (tertiary/aromatic N) is 1. The molecule has 5 nitrogen and oxygen atoms in total. The van der Waals surface area contributed by atoms with E-state index in [2.05, 4.69) is 5.32 Å². The van der Waals surface area contributed by atoms with Gasteiger partial charge in [0.05, 0.1) is 18.1 Å². The van der Waals surface area contributed by atoms with Crippen molar-refractivity contribution in [3.05, 3.63) is 34.3 Å². The van der Waals surface area contributed by atoms with Gasteiger partial charge < -0.3 is 10.1 Å². The maximum Gasteiger partial charge on any atom is 0.325 e. The molecule has 1 aromatic carbocycles. The molecule has 0 radical (unpaired) electrons. The van der Waals surface area contributed by atoms with E-state index in [0.717, 1.165) is 0 Å². The molecule has 0 unspecified atom stereocenters. The van der Waals surface area contributed by atoms with Crippen LogP contribution in [0.1, 0.15) is 31.9 Å². The first kappa shape index (κ1) is 17.0. The molecule has 1 N–H and O–H groups in total. The second kappa shape index (κ2) is 7.09. The van der Waals surface area contributed by atoms with Crippen LogP contribution in [-0.2, 0) is 20.7 Å². The fraction of sp³-hybridized carbons (Fsp3) is 0.400. The van der Waals surface area contributed by atoms with Gasteiger partial charge in [-0.3, -0.25) is 9.59 Å². The van der Waals surface area contributed by atoms with Gasteiger partial charge >= 0.3 is 5.97 Å². The van der Waals surface area contributed by atoms with Crippen LogP contribution < -0.4 is 5.32 Å². The number of nitrogens with one attached hydrogen (secondary N) is 1. The third-order valence-corrected chi connectivity index (χ3v) is 2.62. The number of rotatable bonds is 4. The number of nitriles is 1. The number of esters is 1. The SMILES string of the molecule is CC(C)(C)OC(=O)CNC(=O)Cc1cc(Cl)ccc1C#N. The van der Waals surface area contributed by atoms with E-state index in [0.29, 0.717) is 16.1 Å². The van der Waals surface area contributed by atoms with Crippen LogP contribution in [0, 0.1) is 11.3 Å². The molecule has 0 aromatic heterocycles. The quantitative estimate of drug-likeness (QED) is 0.865. The standard InChI is InChI=1S/C15H17ClN2O3/c1-15(2,3)21-14(20)9-18-13(19)7-11-6-12(16)5-4-10(11)8-17/h4-6H,7,9H2,1-3H3,(H,18,19). The number of benzene rings is 1. The van der Waals surface area contributed by atoms with Crippen LogP contribution in [0.5, 0.6) is 0 Å². The van der Waals surface area contributed by atoms with Gasteiger partial charge in [-0.05, 0) is 44.5 Å². The molecule has 0 saturated carbocycles. The number of amides is 1. The molecule has 1 rings (SSSR count). The molecule has 6 heteroatoms. The Kier molecular flexibility index (Phi) is 5.74. The molecule has 0 aliphatic rings. The predicted octanol–water partition coefficient (Wildman–Crippen LogP) is 2.21. The first-order valence-corrected chi connectivity index (χ1v) is 6.76. The van der Waals surface area contributed by atoms with Crippen LogP contribution >= 0.6 is 11.6 Å². The largest absolute Gasteiger partial charge is 0.459 e. The van der Waals surface area contributed by atoms with Crippen LogP contribution in [0.4, 0.5) is 0 Å². The highest BCUT2D eigenvalue weighted by Gasteiger charge is 2.17. The van der Waals surface area contributed by atoms with Crippen molar-refractivity contribution in [2.45, 2.75) is 32.8 Å². The molecular weight excluding hydrogens is 292 g/mol. The lowest BCUT2D eigenvalue weighted by atomic mass is 10.1. The molecule has 112 valence electrons. The van der Waals surface area contributed by atoms with Gasteiger partial charge in [-0.15, -0.1) is 0 Å². The fourth-order valence-corrected chi connectivity index (χ4v) is 1.80. The lowest BCUT2D eigenvalue weighted by molar-refractivity contribution is -0.154. The first-order chi connectivity index (χ1) is 9.71. The van der Waals surface area contributed by atoms with E-state index in [-0.39, 0.29) is 18.9 Å². The van der Waals surface area contributed by atoms with Crippen LogP contribution in [-0.4, -0.2) is 24.0 Å². The van der Waals surface area contributed by atoms with Gasteiger partial charge in [0.15, 0.2) is 0 Å². The van der Waals surface area contributed by atoms with Gasteiger partial charge in [-0.1, -0.05) is 11.6 Å². The maximum atomic E-state index is 11.8. The predicted molar refractivity (Wildman–Crippen MR) is 78.7 cm³/mol. The van der Waals surface area contributed by atoms with Crippen molar-refractivity contribution in [3.63, 3.8) is 0 Å². The van der Waals surface area contributed by atoms with E-state index < -0.39 is 11.6 Å². The number of halogens is 1. The smallest absolute Gasteiger partial charge is 0.325 e. The zero-order valence-electron chi connectivity index (χ0n) is 12.2. The van der Waals surface area contributed by atoms with Crippen LogP contribution in [0.3, 0.4) is 0 Å². The number of carbonyl (C=O) groups is 2. The summed E-state index contributed by atoms with van der Waals surface area (Å²) in [4.78, 5) is 23.3. The van der Waals surface area contributed by atoms with E-state index >= 15 is 0 Å². The van der Waals surface area contributed by atoms with Gasteiger partial charge in [-0.2, -0.15) is 5.26 Å². The minimum Gasteiger partial charge on any atom is -0.459 e. The minimum atomic E-state index is -0.594. The van der Waals surface area contributed by atoms with E-state index in [9.17, 15) is 9.59 Å². The van der Waals surface area contributed by atoms with Crippen LogP contribution in [0.25, 0.3) is 0 Å². The summed E-state index contributed by atoms with van der Waals surface area (Å²) in [5, 5.41) is 11.9. The average molecular weight is 309 g/mol. The second-order valence-corrected chi connectivity index (χ2v) is 5.89. The van der Waals surface area contributed by atoms with Crippen LogP contribution in [0.2, 0.25) is 5.02 Å². The summed E-state index contributed by atoms with van der Waals surface area (Å²) in [7, 11) is 0. The Hall–Kier alpha value is -2.06. The van der Waals surface area contributed by atoms with Crippen molar-refractivity contribution in [3.8, 4) is 6.07 Å². The zero-order chi connectivity index (χ0) is 16.0. The Morgan fingerprint density at radius 3 is 2.62 bits per heavy atom. The Labute approximate surface area is 128 Å². The lowest BCUT2D eigenvalue weighted by Gasteiger charge is -2.19. The fourth-order valence-electron chi connectivity index (χ4n) is 1.60. The van der Waals surface area contributed by atoms with Crippen molar-refractivity contribution in [2.75, 3.05) is 6.54 Å². The van der Waals surface area contributed by atoms with Crippen molar-refractivity contribution >= 4 is 23.5 Å². The number of hydrogen-bond donors (Lipinski definition) is 1. The molecule has 0 spiro atoms.